The zero-order valence-corrected chi connectivity index (χ0v) is 59.4. The Bertz CT molecular complexity index is 2230. The molecule has 532 valence electrons. The van der Waals surface area contributed by atoms with E-state index in [9.17, 15) is 43.5 Å². The van der Waals surface area contributed by atoms with Gasteiger partial charge in [-0.3, -0.25) is 32.5 Å². The van der Waals surface area contributed by atoms with Crippen molar-refractivity contribution in [3.05, 3.63) is 134 Å². The number of ether oxygens (including phenoxy) is 3. The van der Waals surface area contributed by atoms with Crippen LogP contribution in [-0.4, -0.2) is 95.9 Å². The Morgan fingerprint density at radius 2 is 0.591 bits per heavy atom. The van der Waals surface area contributed by atoms with Gasteiger partial charge in [0.05, 0.1) is 26.4 Å². The van der Waals surface area contributed by atoms with Crippen molar-refractivity contribution in [2.24, 2.45) is 0 Å². The maximum Gasteiger partial charge on any atom is 0.472 e. The molecule has 18 heteroatoms. The molecule has 4 N–H and O–H groups in total. The molecule has 93 heavy (non-hydrogen) atoms. The van der Waals surface area contributed by atoms with Crippen LogP contribution in [0.2, 0.25) is 0 Å². The highest BCUT2D eigenvalue weighted by molar-refractivity contribution is 7.47. The molecule has 0 aliphatic rings. The minimum Gasteiger partial charge on any atom is -0.463 e. The quantitative estimate of drug-likeness (QED) is 0.0146. The number of phosphoric acid groups is 2. The van der Waals surface area contributed by atoms with Gasteiger partial charge >= 0.3 is 33.6 Å². The molecule has 0 aromatic heterocycles. The SMILES string of the molecule is CC/C=C\C/C=C\C/C=C\C/C=C\C/C=C\C/C=C\CCC(=O)OCC(COP(=O)(O)OCC(O)COP(=O)(O)OCC(O)COC(=O)CCCCCCCCCCC/C=C\C/C=C\C/C=C\C/C=C\CCCCC)OC(=O)CCCCCCC/C=C\CCCCCC. The second-order valence-corrected chi connectivity index (χ2v) is 26.2. The van der Waals surface area contributed by atoms with Crippen molar-refractivity contribution in [2.75, 3.05) is 39.6 Å². The van der Waals surface area contributed by atoms with Crippen LogP contribution in [0.25, 0.3) is 0 Å². The highest BCUT2D eigenvalue weighted by atomic mass is 31.2. The standard InChI is InChI=1S/C75H126O16P2/c1-4-7-10-13-16-19-22-25-27-29-31-32-33-34-35-36-38-40-41-44-46-49-52-55-58-61-73(78)85-64-70(76)65-87-92(81,82)88-66-71(77)67-89-93(83,84)90-69-72(91-75(80)63-60-57-54-51-48-43-24-21-18-15-12-9-6-3)68-86-74(79)62-59-56-53-50-47-45-42-39-37-30-28-26-23-20-17-14-11-8-5-2/h8,11,16-17,19-21,24-28,31-32,34-35,37,39,45,47,53,56,70-72,76-77H,4-7,9-10,12-15,18,22-23,29-30,33,36,38,40-44,46,48-52,54-55,57-69H2,1-3H3,(H,81,82)(H,83,84)/b11-8-,19-16-,20-17-,24-21-,27-25-,28-26-,32-31-,35-34-,39-37-,47-45-,56-53-. The number of phosphoric ester groups is 2. The molecule has 5 unspecified atom stereocenters. The fourth-order valence-electron chi connectivity index (χ4n) is 8.93. The summed E-state index contributed by atoms with van der Waals surface area (Å²) in [6.07, 6.45) is 79.5. The van der Waals surface area contributed by atoms with E-state index < -0.39 is 91.5 Å². The lowest BCUT2D eigenvalue weighted by Gasteiger charge is -2.21. The second-order valence-electron chi connectivity index (χ2n) is 23.3. The number of hydrogen-bond donors (Lipinski definition) is 4. The van der Waals surface area contributed by atoms with Crippen LogP contribution in [0.1, 0.15) is 265 Å². The van der Waals surface area contributed by atoms with E-state index in [1.165, 1.54) is 77.0 Å². The smallest absolute Gasteiger partial charge is 0.463 e. The summed E-state index contributed by atoms with van der Waals surface area (Å²) in [5.74, 6) is -1.69. The van der Waals surface area contributed by atoms with Gasteiger partial charge in [-0.05, 0) is 128 Å². The summed E-state index contributed by atoms with van der Waals surface area (Å²) >= 11 is 0. The van der Waals surface area contributed by atoms with E-state index in [0.29, 0.717) is 25.7 Å². The monoisotopic (exact) mass is 1340 g/mol. The van der Waals surface area contributed by atoms with E-state index in [1.54, 1.807) is 0 Å². The van der Waals surface area contributed by atoms with Crippen LogP contribution in [-0.2, 0) is 55.8 Å². The predicted molar refractivity (Wildman–Crippen MR) is 380 cm³/mol. The van der Waals surface area contributed by atoms with Gasteiger partial charge in [-0.1, -0.05) is 251 Å². The molecule has 0 heterocycles. The van der Waals surface area contributed by atoms with Gasteiger partial charge in [0.15, 0.2) is 6.10 Å². The van der Waals surface area contributed by atoms with Crippen molar-refractivity contribution >= 4 is 33.6 Å². The van der Waals surface area contributed by atoms with Gasteiger partial charge in [-0.25, -0.2) is 9.13 Å². The molecule has 0 radical (unpaired) electrons. The Kier molecular flexibility index (Phi) is 64.5. The Morgan fingerprint density at radius 3 is 1.00 bits per heavy atom. The van der Waals surface area contributed by atoms with Crippen LogP contribution < -0.4 is 0 Å². The predicted octanol–water partition coefficient (Wildman–Crippen LogP) is 20.0. The fraction of sp³-hybridized carbons (Fsp3) is 0.667. The number of unbranched alkanes of at least 4 members (excludes halogenated alkanes) is 21. The first-order valence-electron chi connectivity index (χ1n) is 35.5. The van der Waals surface area contributed by atoms with Gasteiger partial charge in [-0.2, -0.15) is 0 Å². The maximum absolute atomic E-state index is 12.9. The molecule has 0 amide bonds. The average Bonchev–Trinajstić information content (AvgIpc) is 3.74. The van der Waals surface area contributed by atoms with Crippen LogP contribution in [0.3, 0.4) is 0 Å². The minimum atomic E-state index is -4.95. The van der Waals surface area contributed by atoms with Gasteiger partial charge in [0, 0.05) is 19.3 Å². The molecular formula is C75H126O16P2. The van der Waals surface area contributed by atoms with Crippen LogP contribution in [0, 0.1) is 0 Å². The number of aliphatic hydroxyl groups excluding tert-OH is 2. The third-order valence-electron chi connectivity index (χ3n) is 14.3. The fourth-order valence-corrected chi connectivity index (χ4v) is 10.5. The lowest BCUT2D eigenvalue weighted by Crippen LogP contribution is -2.30. The van der Waals surface area contributed by atoms with Crippen LogP contribution in [0.15, 0.2) is 134 Å². The molecule has 0 aliphatic carbocycles. The summed E-state index contributed by atoms with van der Waals surface area (Å²) < 4.78 is 60.8. The number of hydrogen-bond acceptors (Lipinski definition) is 14. The van der Waals surface area contributed by atoms with E-state index in [2.05, 4.69) is 136 Å². The largest absolute Gasteiger partial charge is 0.472 e. The van der Waals surface area contributed by atoms with Gasteiger partial charge in [-0.15, -0.1) is 0 Å². The number of allylic oxidation sites excluding steroid dienone is 22. The van der Waals surface area contributed by atoms with Gasteiger partial charge in [0.2, 0.25) is 0 Å². The van der Waals surface area contributed by atoms with Crippen molar-refractivity contribution in [1.82, 2.24) is 0 Å². The number of esters is 3. The van der Waals surface area contributed by atoms with Gasteiger partial charge < -0.3 is 34.2 Å². The maximum atomic E-state index is 12.9. The highest BCUT2D eigenvalue weighted by Crippen LogP contribution is 2.45. The lowest BCUT2D eigenvalue weighted by atomic mass is 10.1. The molecule has 0 bridgehead atoms. The first-order valence-corrected chi connectivity index (χ1v) is 38.5. The molecule has 16 nitrogen and oxygen atoms in total. The van der Waals surface area contributed by atoms with Crippen LogP contribution >= 0.6 is 15.6 Å². The molecule has 0 rings (SSSR count). The van der Waals surface area contributed by atoms with E-state index >= 15 is 0 Å². The molecule has 0 aliphatic heterocycles. The van der Waals surface area contributed by atoms with Crippen LogP contribution in [0.4, 0.5) is 0 Å². The van der Waals surface area contributed by atoms with Gasteiger partial charge in [0.1, 0.15) is 25.4 Å². The topological polar surface area (TPSA) is 231 Å². The van der Waals surface area contributed by atoms with Gasteiger partial charge in [0.25, 0.3) is 0 Å². The number of rotatable bonds is 66. The number of carbonyl (C=O) groups is 3. The molecule has 0 aromatic carbocycles. The summed E-state index contributed by atoms with van der Waals surface area (Å²) in [4.78, 5) is 58.4. The minimum absolute atomic E-state index is 0.0402. The van der Waals surface area contributed by atoms with Crippen molar-refractivity contribution < 1.29 is 75.8 Å². The Morgan fingerprint density at radius 1 is 0.312 bits per heavy atom. The zero-order chi connectivity index (χ0) is 68.1. The van der Waals surface area contributed by atoms with E-state index in [-0.39, 0.29) is 19.3 Å². The molecule has 0 fully saturated rings. The second kappa shape index (κ2) is 67.7. The molecule has 5 atom stereocenters. The third kappa shape index (κ3) is 68.9. The summed E-state index contributed by atoms with van der Waals surface area (Å²) in [7, 11) is -9.81. The Labute approximate surface area is 563 Å². The van der Waals surface area contributed by atoms with E-state index in [1.807, 2.05) is 18.2 Å². The van der Waals surface area contributed by atoms with Crippen molar-refractivity contribution in [1.29, 1.82) is 0 Å². The zero-order valence-electron chi connectivity index (χ0n) is 57.6. The summed E-state index contributed by atoms with van der Waals surface area (Å²) in [6.45, 7) is 2.39. The van der Waals surface area contributed by atoms with Crippen LogP contribution in [0.5, 0.6) is 0 Å². The Hall–Kier alpha value is -4.31. The lowest BCUT2D eigenvalue weighted by molar-refractivity contribution is -0.161. The van der Waals surface area contributed by atoms with Crippen molar-refractivity contribution in [3.63, 3.8) is 0 Å². The molecule has 0 spiro atoms. The number of aliphatic hydroxyl groups is 2. The molecule has 0 saturated heterocycles. The number of carbonyl (C=O) groups excluding carboxylic acids is 3. The summed E-state index contributed by atoms with van der Waals surface area (Å²) in [5, 5.41) is 20.6. The first kappa shape index (κ1) is 88.7. The first-order chi connectivity index (χ1) is 45.2. The van der Waals surface area contributed by atoms with Crippen molar-refractivity contribution in [2.45, 2.75) is 283 Å². The summed E-state index contributed by atoms with van der Waals surface area (Å²) in [5.41, 5.74) is 0. The molecule has 0 aromatic rings. The third-order valence-corrected chi connectivity index (χ3v) is 16.2. The summed E-state index contributed by atoms with van der Waals surface area (Å²) in [6, 6.07) is 0. The van der Waals surface area contributed by atoms with E-state index in [4.69, 9.17) is 32.3 Å². The normalized spacial score (nSPS) is 15.0. The van der Waals surface area contributed by atoms with E-state index in [0.717, 1.165) is 122 Å². The van der Waals surface area contributed by atoms with Crippen molar-refractivity contribution in [3.8, 4) is 0 Å². The molecular weight excluding hydrogens is 1220 g/mol. The highest BCUT2D eigenvalue weighted by Gasteiger charge is 2.29. The Balaban J connectivity index is 4.63. The molecule has 0 saturated carbocycles. The average molecular weight is 1350 g/mol.